The number of likely N-dealkylation sites (N-methyl/N-ethyl adjacent to an activating group) is 1. The molecule has 0 saturated carbocycles. The van der Waals surface area contributed by atoms with Crippen molar-refractivity contribution in [2.75, 3.05) is 63.6 Å². The van der Waals surface area contributed by atoms with Gasteiger partial charge in [0.1, 0.15) is 11.8 Å². The number of carbonyl (C=O) groups is 2. The predicted octanol–water partition coefficient (Wildman–Crippen LogP) is 2.93. The minimum atomic E-state index is -0.677. The smallest absolute Gasteiger partial charge is 0.256 e. The van der Waals surface area contributed by atoms with E-state index in [1.807, 2.05) is 4.90 Å². The Labute approximate surface area is 216 Å². The first-order valence-electron chi connectivity index (χ1n) is 11.6. The van der Waals surface area contributed by atoms with Crippen molar-refractivity contribution >= 4 is 52.1 Å². The van der Waals surface area contributed by atoms with Gasteiger partial charge in [0, 0.05) is 50.0 Å². The number of methoxy groups -OCH3 is 1. The molecule has 8 nitrogen and oxygen atoms in total. The maximum Gasteiger partial charge on any atom is 0.256 e. The zero-order valence-corrected chi connectivity index (χ0v) is 21.5. The molecular weight excluding hydrogens is 486 g/mol. The number of hydrogen-bond donors (Lipinski definition) is 1. The highest BCUT2D eigenvalue weighted by atomic mass is 35.5. The number of hydrogen-bond acceptors (Lipinski definition) is 6. The first kappa shape index (κ1) is 25.4. The van der Waals surface area contributed by atoms with Gasteiger partial charge < -0.3 is 19.9 Å². The Balaban J connectivity index is 1.50. The van der Waals surface area contributed by atoms with Crippen molar-refractivity contribution < 1.29 is 14.3 Å². The number of thiocarbonyl (C=S) groups is 1. The molecule has 2 heterocycles. The molecule has 2 fully saturated rings. The molecule has 0 radical (unpaired) electrons. The summed E-state index contributed by atoms with van der Waals surface area (Å²) in [7, 11) is 3.71. The highest BCUT2D eigenvalue weighted by molar-refractivity contribution is 7.80. The van der Waals surface area contributed by atoms with Gasteiger partial charge in [-0.05, 0) is 67.8 Å². The van der Waals surface area contributed by atoms with Crippen LogP contribution in [0.1, 0.15) is 6.42 Å². The average Bonchev–Trinajstić information content (AvgIpc) is 3.08. The Kier molecular flexibility index (Phi) is 8.22. The molecule has 2 aromatic carbocycles. The monoisotopic (exact) mass is 515 g/mol. The fraction of sp³-hybridized carbons (Fsp3) is 0.400. The van der Waals surface area contributed by atoms with E-state index in [9.17, 15) is 9.59 Å². The molecule has 35 heavy (non-hydrogen) atoms. The van der Waals surface area contributed by atoms with Crippen molar-refractivity contribution in [3.8, 4) is 5.75 Å². The standard InChI is InChI=1S/C25H30ClN5O3S/c1-28-11-13-29(14-12-28)15-16-30-22(17-23(32)27-19-5-3-18(26)4-6-19)24(33)31(25(30)35)20-7-9-21(34-2)10-8-20/h3-10,22H,11-17H2,1-2H3,(H,27,32). The Hall–Kier alpha value is -2.72. The molecular formula is C25H30ClN5O3S. The summed E-state index contributed by atoms with van der Waals surface area (Å²) in [5, 5.41) is 3.86. The van der Waals surface area contributed by atoms with Crippen LogP contribution in [0.2, 0.25) is 5.02 Å². The van der Waals surface area contributed by atoms with Gasteiger partial charge in [0.25, 0.3) is 5.91 Å². The normalized spacial score (nSPS) is 19.3. The largest absolute Gasteiger partial charge is 0.497 e. The van der Waals surface area contributed by atoms with E-state index < -0.39 is 6.04 Å². The number of carbonyl (C=O) groups excluding carboxylic acids is 2. The third-order valence-electron chi connectivity index (χ3n) is 6.41. The van der Waals surface area contributed by atoms with Crippen LogP contribution in [0.3, 0.4) is 0 Å². The van der Waals surface area contributed by atoms with Gasteiger partial charge >= 0.3 is 0 Å². The van der Waals surface area contributed by atoms with Gasteiger partial charge in [-0.15, -0.1) is 0 Å². The Bertz CT molecular complexity index is 1060. The second-order valence-corrected chi connectivity index (χ2v) is 9.57. The minimum Gasteiger partial charge on any atom is -0.497 e. The number of anilines is 2. The van der Waals surface area contributed by atoms with Crippen molar-refractivity contribution in [1.82, 2.24) is 14.7 Å². The Morgan fingerprint density at radius 3 is 2.34 bits per heavy atom. The molecule has 0 aliphatic carbocycles. The first-order valence-corrected chi connectivity index (χ1v) is 12.4. The lowest BCUT2D eigenvalue weighted by atomic mass is 10.1. The number of benzene rings is 2. The fourth-order valence-corrected chi connectivity index (χ4v) is 4.84. The van der Waals surface area contributed by atoms with E-state index in [1.54, 1.807) is 55.6 Å². The van der Waals surface area contributed by atoms with E-state index in [0.717, 1.165) is 32.7 Å². The van der Waals surface area contributed by atoms with Crippen molar-refractivity contribution in [3.05, 3.63) is 53.6 Å². The van der Waals surface area contributed by atoms with E-state index in [2.05, 4.69) is 22.2 Å². The van der Waals surface area contributed by atoms with Crippen LogP contribution in [0.25, 0.3) is 0 Å². The van der Waals surface area contributed by atoms with Gasteiger partial charge in [-0.25, -0.2) is 0 Å². The Morgan fingerprint density at radius 1 is 1.06 bits per heavy atom. The number of ether oxygens (including phenoxy) is 1. The number of nitrogens with zero attached hydrogens (tertiary/aromatic N) is 4. The van der Waals surface area contributed by atoms with Gasteiger partial charge in [-0.2, -0.15) is 0 Å². The molecule has 10 heteroatoms. The lowest BCUT2D eigenvalue weighted by molar-refractivity contribution is -0.124. The molecule has 4 rings (SSSR count). The lowest BCUT2D eigenvalue weighted by Gasteiger charge is -2.34. The SMILES string of the molecule is COc1ccc(N2C(=O)C(CC(=O)Nc3ccc(Cl)cc3)N(CCN3CCN(C)CC3)C2=S)cc1. The molecule has 186 valence electrons. The molecule has 2 aliphatic heterocycles. The summed E-state index contributed by atoms with van der Waals surface area (Å²) in [5.41, 5.74) is 1.29. The lowest BCUT2D eigenvalue weighted by Crippen LogP contribution is -2.48. The summed E-state index contributed by atoms with van der Waals surface area (Å²) in [6.07, 6.45) is -0.00298. The summed E-state index contributed by atoms with van der Waals surface area (Å²) >= 11 is 11.7. The minimum absolute atomic E-state index is 0.00298. The molecule has 2 aliphatic rings. The van der Waals surface area contributed by atoms with Crippen molar-refractivity contribution in [1.29, 1.82) is 0 Å². The van der Waals surface area contributed by atoms with Gasteiger partial charge in [-0.3, -0.25) is 19.4 Å². The molecule has 1 unspecified atom stereocenters. The van der Waals surface area contributed by atoms with Crippen LogP contribution >= 0.6 is 23.8 Å². The van der Waals surface area contributed by atoms with Gasteiger partial charge in [-0.1, -0.05) is 11.6 Å². The van der Waals surface area contributed by atoms with Gasteiger partial charge in [0.05, 0.1) is 19.2 Å². The number of rotatable bonds is 8. The first-order chi connectivity index (χ1) is 16.9. The maximum absolute atomic E-state index is 13.6. The number of nitrogens with one attached hydrogen (secondary N) is 1. The fourth-order valence-electron chi connectivity index (χ4n) is 4.30. The summed E-state index contributed by atoms with van der Waals surface area (Å²) in [4.78, 5) is 34.5. The molecule has 0 bridgehead atoms. The summed E-state index contributed by atoms with van der Waals surface area (Å²) < 4.78 is 5.24. The van der Waals surface area contributed by atoms with Crippen LogP contribution in [0.5, 0.6) is 5.75 Å². The third-order valence-corrected chi connectivity index (χ3v) is 7.08. The van der Waals surface area contributed by atoms with E-state index in [-0.39, 0.29) is 18.2 Å². The molecule has 1 atom stereocenters. The van der Waals surface area contributed by atoms with Crippen molar-refractivity contribution in [3.63, 3.8) is 0 Å². The predicted molar refractivity (Wildman–Crippen MR) is 142 cm³/mol. The molecule has 0 aromatic heterocycles. The van der Waals surface area contributed by atoms with E-state index >= 15 is 0 Å². The number of halogens is 1. The summed E-state index contributed by atoms with van der Waals surface area (Å²) in [6.45, 7) is 5.29. The van der Waals surface area contributed by atoms with Crippen LogP contribution in [-0.2, 0) is 9.59 Å². The van der Waals surface area contributed by atoms with Crippen molar-refractivity contribution in [2.45, 2.75) is 12.5 Å². The average molecular weight is 516 g/mol. The van der Waals surface area contributed by atoms with E-state index in [1.165, 1.54) is 4.90 Å². The highest BCUT2D eigenvalue weighted by Crippen LogP contribution is 2.29. The van der Waals surface area contributed by atoms with Gasteiger partial charge in [0.2, 0.25) is 5.91 Å². The van der Waals surface area contributed by atoms with Crippen LogP contribution in [0.4, 0.5) is 11.4 Å². The van der Waals surface area contributed by atoms with Crippen LogP contribution in [-0.4, -0.2) is 91.1 Å². The van der Waals surface area contributed by atoms with Crippen molar-refractivity contribution in [2.24, 2.45) is 0 Å². The van der Waals surface area contributed by atoms with Crippen LogP contribution in [0.15, 0.2) is 48.5 Å². The molecule has 2 aromatic rings. The van der Waals surface area contributed by atoms with Crippen LogP contribution in [0, 0.1) is 0 Å². The number of amides is 2. The quantitative estimate of drug-likeness (QED) is 0.542. The van der Waals surface area contributed by atoms with E-state index in [4.69, 9.17) is 28.6 Å². The summed E-state index contributed by atoms with van der Waals surface area (Å²) in [5.74, 6) is 0.233. The molecule has 0 spiro atoms. The zero-order valence-electron chi connectivity index (χ0n) is 19.9. The summed E-state index contributed by atoms with van der Waals surface area (Å²) in [6, 6.07) is 13.4. The van der Waals surface area contributed by atoms with Gasteiger partial charge in [0.15, 0.2) is 5.11 Å². The Morgan fingerprint density at radius 2 is 1.71 bits per heavy atom. The molecule has 2 amide bonds. The maximum atomic E-state index is 13.6. The third kappa shape index (κ3) is 6.10. The highest BCUT2D eigenvalue weighted by Gasteiger charge is 2.44. The van der Waals surface area contributed by atoms with E-state index in [0.29, 0.717) is 33.8 Å². The zero-order chi connectivity index (χ0) is 24.9. The molecule has 2 saturated heterocycles. The topological polar surface area (TPSA) is 68.4 Å². The second-order valence-electron chi connectivity index (χ2n) is 8.77. The van der Waals surface area contributed by atoms with Crippen LogP contribution < -0.4 is 15.0 Å². The second kappa shape index (κ2) is 11.3. The number of piperazine rings is 1. The molecule has 1 N–H and O–H groups in total.